The third-order valence-electron chi connectivity index (χ3n) is 3.40. The van der Waals surface area contributed by atoms with Gasteiger partial charge in [0, 0.05) is 18.0 Å². The lowest BCUT2D eigenvalue weighted by molar-refractivity contribution is -0.128. The first kappa shape index (κ1) is 14.7. The molecule has 0 aliphatic carbocycles. The highest BCUT2D eigenvalue weighted by molar-refractivity contribution is 8.00. The molecule has 0 bridgehead atoms. The van der Waals surface area contributed by atoms with Gasteiger partial charge in [0.1, 0.15) is 0 Å². The molecule has 1 aromatic carbocycles. The van der Waals surface area contributed by atoms with Gasteiger partial charge in [-0.3, -0.25) is 4.79 Å². The predicted octanol–water partition coefficient (Wildman–Crippen LogP) is 4.22. The first-order chi connectivity index (χ1) is 9.27. The van der Waals surface area contributed by atoms with Gasteiger partial charge in [-0.05, 0) is 25.0 Å². The highest BCUT2D eigenvalue weighted by atomic mass is 35.5. The van der Waals surface area contributed by atoms with Gasteiger partial charge in [-0.15, -0.1) is 11.8 Å². The molecule has 1 aliphatic rings. The van der Waals surface area contributed by atoms with Crippen molar-refractivity contribution in [2.75, 3.05) is 18.8 Å². The van der Waals surface area contributed by atoms with Crippen molar-refractivity contribution in [2.24, 2.45) is 0 Å². The maximum atomic E-state index is 12.2. The van der Waals surface area contributed by atoms with Gasteiger partial charge in [0.05, 0.1) is 10.8 Å². The minimum Gasteiger partial charge on any atom is -0.342 e. The van der Waals surface area contributed by atoms with Crippen molar-refractivity contribution in [1.82, 2.24) is 4.90 Å². The van der Waals surface area contributed by atoms with Crippen LogP contribution >= 0.6 is 23.4 Å². The zero-order chi connectivity index (χ0) is 13.5. The Morgan fingerprint density at radius 3 is 2.42 bits per heavy atom. The van der Waals surface area contributed by atoms with Crippen molar-refractivity contribution in [3.63, 3.8) is 0 Å². The minimum absolute atomic E-state index is 0.242. The number of likely N-dealkylation sites (tertiary alicyclic amines) is 1. The standard InChI is InChI=1S/C15H20ClNOS/c16-13-8-4-5-9-14(13)19-12-15(18)17-10-6-2-1-3-7-11-17/h4-5,8-9H,1-3,6-7,10-12H2. The van der Waals surface area contributed by atoms with Crippen LogP contribution < -0.4 is 0 Å². The Labute approximate surface area is 124 Å². The number of amides is 1. The largest absolute Gasteiger partial charge is 0.342 e. The van der Waals surface area contributed by atoms with E-state index in [2.05, 4.69) is 0 Å². The summed E-state index contributed by atoms with van der Waals surface area (Å²) in [6.45, 7) is 1.84. The SMILES string of the molecule is O=C(CSc1ccccc1Cl)N1CCCCCCC1. The van der Waals surface area contributed by atoms with E-state index in [1.165, 1.54) is 31.0 Å². The average molecular weight is 298 g/mol. The van der Waals surface area contributed by atoms with Gasteiger partial charge in [0.25, 0.3) is 0 Å². The normalized spacial score (nSPS) is 16.8. The fraction of sp³-hybridized carbons (Fsp3) is 0.533. The molecule has 1 amide bonds. The van der Waals surface area contributed by atoms with Crippen molar-refractivity contribution in [1.29, 1.82) is 0 Å². The van der Waals surface area contributed by atoms with Gasteiger partial charge >= 0.3 is 0 Å². The van der Waals surface area contributed by atoms with Crippen LogP contribution in [0, 0.1) is 0 Å². The number of carbonyl (C=O) groups is 1. The highest BCUT2D eigenvalue weighted by Crippen LogP contribution is 2.26. The molecule has 104 valence electrons. The molecular weight excluding hydrogens is 278 g/mol. The van der Waals surface area contributed by atoms with Gasteiger partial charge in [-0.2, -0.15) is 0 Å². The fourth-order valence-electron chi connectivity index (χ4n) is 2.29. The van der Waals surface area contributed by atoms with Crippen LogP contribution in [0.4, 0.5) is 0 Å². The van der Waals surface area contributed by atoms with Crippen LogP contribution in [0.3, 0.4) is 0 Å². The second kappa shape index (κ2) is 7.81. The van der Waals surface area contributed by atoms with Crippen molar-refractivity contribution in [3.05, 3.63) is 29.3 Å². The number of hydrogen-bond acceptors (Lipinski definition) is 2. The molecule has 0 saturated carbocycles. The number of rotatable bonds is 3. The number of thioether (sulfide) groups is 1. The molecular formula is C15H20ClNOS. The Hall–Kier alpha value is -0.670. The molecule has 0 N–H and O–H groups in total. The highest BCUT2D eigenvalue weighted by Gasteiger charge is 2.15. The summed E-state index contributed by atoms with van der Waals surface area (Å²) in [5, 5.41) is 0.730. The predicted molar refractivity (Wildman–Crippen MR) is 81.8 cm³/mol. The summed E-state index contributed by atoms with van der Waals surface area (Å²) < 4.78 is 0. The van der Waals surface area contributed by atoms with Gasteiger partial charge in [0.2, 0.25) is 5.91 Å². The number of halogens is 1. The van der Waals surface area contributed by atoms with Crippen LogP contribution in [-0.4, -0.2) is 29.6 Å². The first-order valence-electron chi connectivity index (χ1n) is 6.92. The fourth-order valence-corrected chi connectivity index (χ4v) is 3.43. The number of benzene rings is 1. The van der Waals surface area contributed by atoms with E-state index in [4.69, 9.17) is 11.6 Å². The molecule has 1 fully saturated rings. The molecule has 1 aromatic rings. The van der Waals surface area contributed by atoms with Crippen LogP contribution in [0.25, 0.3) is 0 Å². The Bertz CT molecular complexity index is 416. The smallest absolute Gasteiger partial charge is 0.232 e. The molecule has 0 radical (unpaired) electrons. The van der Waals surface area contributed by atoms with E-state index in [0.29, 0.717) is 5.75 Å². The van der Waals surface area contributed by atoms with Gasteiger partial charge in [-0.25, -0.2) is 0 Å². The van der Waals surface area contributed by atoms with Gasteiger partial charge < -0.3 is 4.90 Å². The van der Waals surface area contributed by atoms with E-state index in [1.807, 2.05) is 29.2 Å². The molecule has 19 heavy (non-hydrogen) atoms. The number of nitrogens with zero attached hydrogens (tertiary/aromatic N) is 1. The summed E-state index contributed by atoms with van der Waals surface area (Å²) in [5.74, 6) is 0.732. The van der Waals surface area contributed by atoms with E-state index >= 15 is 0 Å². The van der Waals surface area contributed by atoms with Gasteiger partial charge in [0.15, 0.2) is 0 Å². The summed E-state index contributed by atoms with van der Waals surface area (Å²) in [4.78, 5) is 15.2. The minimum atomic E-state index is 0.242. The molecule has 0 aromatic heterocycles. The van der Waals surface area contributed by atoms with Crippen molar-refractivity contribution >= 4 is 29.3 Å². The summed E-state index contributed by atoms with van der Waals surface area (Å²) in [7, 11) is 0. The van der Waals surface area contributed by atoms with Gasteiger partial charge in [-0.1, -0.05) is 43.0 Å². The summed E-state index contributed by atoms with van der Waals surface area (Å²) in [5.41, 5.74) is 0. The van der Waals surface area contributed by atoms with E-state index in [9.17, 15) is 4.79 Å². The molecule has 4 heteroatoms. The third-order valence-corrected chi connectivity index (χ3v) is 4.90. The van der Waals surface area contributed by atoms with E-state index in [1.54, 1.807) is 0 Å². The van der Waals surface area contributed by atoms with E-state index in [0.717, 1.165) is 35.8 Å². The quantitative estimate of drug-likeness (QED) is 0.778. The number of carbonyl (C=O) groups excluding carboxylic acids is 1. The maximum absolute atomic E-state index is 12.2. The molecule has 0 unspecified atom stereocenters. The Morgan fingerprint density at radius 2 is 1.74 bits per heavy atom. The lowest BCUT2D eigenvalue weighted by atomic mass is 10.1. The summed E-state index contributed by atoms with van der Waals surface area (Å²) in [6, 6.07) is 7.69. The Morgan fingerprint density at radius 1 is 1.11 bits per heavy atom. The molecule has 0 atom stereocenters. The topological polar surface area (TPSA) is 20.3 Å². The molecule has 2 rings (SSSR count). The van der Waals surface area contributed by atoms with Crippen LogP contribution in [0.1, 0.15) is 32.1 Å². The van der Waals surface area contributed by atoms with E-state index in [-0.39, 0.29) is 5.91 Å². The van der Waals surface area contributed by atoms with Crippen molar-refractivity contribution < 1.29 is 4.79 Å². The first-order valence-corrected chi connectivity index (χ1v) is 8.29. The average Bonchev–Trinajstić information content (AvgIpc) is 2.37. The Kier molecular flexibility index (Phi) is 6.05. The zero-order valence-corrected chi connectivity index (χ0v) is 12.7. The monoisotopic (exact) mass is 297 g/mol. The molecule has 2 nitrogen and oxygen atoms in total. The van der Waals surface area contributed by atoms with Crippen molar-refractivity contribution in [3.8, 4) is 0 Å². The molecule has 1 heterocycles. The lowest BCUT2D eigenvalue weighted by Gasteiger charge is -2.24. The van der Waals surface area contributed by atoms with Crippen LogP contribution in [0.5, 0.6) is 0 Å². The molecule has 0 spiro atoms. The third kappa shape index (κ3) is 4.73. The van der Waals surface area contributed by atoms with E-state index < -0.39 is 0 Å². The Balaban J connectivity index is 1.84. The number of hydrogen-bond donors (Lipinski definition) is 0. The van der Waals surface area contributed by atoms with Crippen LogP contribution in [0.15, 0.2) is 29.2 Å². The molecule has 1 saturated heterocycles. The van der Waals surface area contributed by atoms with Crippen LogP contribution in [0.2, 0.25) is 5.02 Å². The van der Waals surface area contributed by atoms with Crippen molar-refractivity contribution in [2.45, 2.75) is 37.0 Å². The lowest BCUT2D eigenvalue weighted by Crippen LogP contribution is -2.35. The summed E-state index contributed by atoms with van der Waals surface area (Å²) >= 11 is 7.63. The maximum Gasteiger partial charge on any atom is 0.232 e. The zero-order valence-electron chi connectivity index (χ0n) is 11.1. The second-order valence-electron chi connectivity index (χ2n) is 4.87. The van der Waals surface area contributed by atoms with Crippen LogP contribution in [-0.2, 0) is 4.79 Å². The summed E-state index contributed by atoms with van der Waals surface area (Å²) in [6.07, 6.45) is 6.10. The molecule has 1 aliphatic heterocycles. The second-order valence-corrected chi connectivity index (χ2v) is 6.29.